The molecular weight excluding hydrogens is 238 g/mol. The molecule has 5 heteroatoms. The van der Waals surface area contributed by atoms with Crippen molar-refractivity contribution >= 4 is 5.82 Å². The standard InChI is InChI=1S/C14H19N5/c1-19(12-3-2-7-15-10-12)14-5-4-13(17-18-14)11-6-8-16-9-11/h4-6,8-9,12,15-16H,2-3,7,10H2,1H3. The quantitative estimate of drug-likeness (QED) is 0.878. The van der Waals surface area contributed by atoms with E-state index in [1.165, 1.54) is 12.8 Å². The molecule has 3 rings (SSSR count). The van der Waals surface area contributed by atoms with Gasteiger partial charge in [0.25, 0.3) is 0 Å². The van der Waals surface area contributed by atoms with Gasteiger partial charge in [0.15, 0.2) is 5.82 Å². The summed E-state index contributed by atoms with van der Waals surface area (Å²) in [6, 6.07) is 6.59. The normalized spacial score (nSPS) is 19.3. The number of likely N-dealkylation sites (N-methyl/N-ethyl adjacent to an activating group) is 1. The summed E-state index contributed by atoms with van der Waals surface area (Å²) in [6.07, 6.45) is 6.26. The molecule has 0 spiro atoms. The average molecular weight is 257 g/mol. The van der Waals surface area contributed by atoms with Gasteiger partial charge in [-0.15, -0.1) is 10.2 Å². The van der Waals surface area contributed by atoms with E-state index in [1.54, 1.807) is 0 Å². The van der Waals surface area contributed by atoms with E-state index in [0.717, 1.165) is 30.2 Å². The van der Waals surface area contributed by atoms with E-state index < -0.39 is 0 Å². The predicted octanol–water partition coefficient (Wildman–Crippen LogP) is 1.66. The molecule has 1 atom stereocenters. The van der Waals surface area contributed by atoms with Crippen molar-refractivity contribution in [2.24, 2.45) is 0 Å². The van der Waals surface area contributed by atoms with Gasteiger partial charge in [0.1, 0.15) is 0 Å². The van der Waals surface area contributed by atoms with E-state index in [9.17, 15) is 0 Å². The summed E-state index contributed by atoms with van der Waals surface area (Å²) in [5, 5.41) is 12.1. The van der Waals surface area contributed by atoms with Crippen LogP contribution in [0, 0.1) is 0 Å². The first-order chi connectivity index (χ1) is 9.34. The lowest BCUT2D eigenvalue weighted by Crippen LogP contribution is -2.44. The first kappa shape index (κ1) is 12.2. The Morgan fingerprint density at radius 2 is 2.21 bits per heavy atom. The van der Waals surface area contributed by atoms with Crippen LogP contribution in [0.2, 0.25) is 0 Å². The van der Waals surface area contributed by atoms with E-state index in [-0.39, 0.29) is 0 Å². The third-order valence-electron chi connectivity index (χ3n) is 3.72. The Hall–Kier alpha value is -1.88. The Kier molecular flexibility index (Phi) is 3.46. The molecule has 1 unspecified atom stereocenters. The maximum atomic E-state index is 4.34. The number of anilines is 1. The van der Waals surface area contributed by atoms with E-state index in [1.807, 2.05) is 30.6 Å². The van der Waals surface area contributed by atoms with Crippen LogP contribution in [0.5, 0.6) is 0 Å². The SMILES string of the molecule is CN(c1ccc(-c2cc[nH]c2)nn1)C1CCCNC1. The molecule has 19 heavy (non-hydrogen) atoms. The summed E-state index contributed by atoms with van der Waals surface area (Å²) in [5.41, 5.74) is 1.97. The van der Waals surface area contributed by atoms with Gasteiger partial charge in [-0.3, -0.25) is 0 Å². The van der Waals surface area contributed by atoms with Crippen molar-refractivity contribution in [1.82, 2.24) is 20.5 Å². The summed E-state index contributed by atoms with van der Waals surface area (Å²) in [7, 11) is 2.09. The first-order valence-electron chi connectivity index (χ1n) is 6.75. The van der Waals surface area contributed by atoms with E-state index in [0.29, 0.717) is 6.04 Å². The van der Waals surface area contributed by atoms with Crippen molar-refractivity contribution in [2.75, 3.05) is 25.0 Å². The van der Waals surface area contributed by atoms with E-state index in [2.05, 4.69) is 32.4 Å². The minimum Gasteiger partial charge on any atom is -0.367 e. The highest BCUT2D eigenvalue weighted by Crippen LogP contribution is 2.19. The topological polar surface area (TPSA) is 56.8 Å². The number of nitrogens with zero attached hydrogens (tertiary/aromatic N) is 3. The zero-order valence-electron chi connectivity index (χ0n) is 11.1. The van der Waals surface area contributed by atoms with Gasteiger partial charge in [0, 0.05) is 37.6 Å². The summed E-state index contributed by atoms with van der Waals surface area (Å²) < 4.78 is 0. The molecule has 0 amide bonds. The number of nitrogens with one attached hydrogen (secondary N) is 2. The molecule has 2 aromatic rings. The molecule has 0 aliphatic carbocycles. The Labute approximate surface area is 113 Å². The highest BCUT2D eigenvalue weighted by Gasteiger charge is 2.19. The zero-order valence-corrected chi connectivity index (χ0v) is 11.1. The molecule has 3 heterocycles. The van der Waals surface area contributed by atoms with Gasteiger partial charge in [-0.05, 0) is 37.6 Å². The fourth-order valence-corrected chi connectivity index (χ4v) is 2.50. The van der Waals surface area contributed by atoms with Crippen LogP contribution >= 0.6 is 0 Å². The highest BCUT2D eigenvalue weighted by molar-refractivity contribution is 5.58. The highest BCUT2D eigenvalue weighted by atomic mass is 15.3. The Balaban J connectivity index is 1.74. The molecule has 1 fully saturated rings. The largest absolute Gasteiger partial charge is 0.367 e. The van der Waals surface area contributed by atoms with Gasteiger partial charge < -0.3 is 15.2 Å². The predicted molar refractivity (Wildman–Crippen MR) is 76.1 cm³/mol. The van der Waals surface area contributed by atoms with Crippen molar-refractivity contribution < 1.29 is 0 Å². The van der Waals surface area contributed by atoms with Crippen LogP contribution in [0.4, 0.5) is 5.82 Å². The fraction of sp³-hybridized carbons (Fsp3) is 0.429. The second-order valence-corrected chi connectivity index (χ2v) is 4.99. The van der Waals surface area contributed by atoms with Crippen molar-refractivity contribution in [1.29, 1.82) is 0 Å². The number of H-pyrrole nitrogens is 1. The second kappa shape index (κ2) is 5.40. The Morgan fingerprint density at radius 3 is 2.84 bits per heavy atom. The molecular formula is C14H19N5. The van der Waals surface area contributed by atoms with Crippen LogP contribution in [0.1, 0.15) is 12.8 Å². The van der Waals surface area contributed by atoms with Gasteiger partial charge in [0.2, 0.25) is 0 Å². The number of hydrogen-bond acceptors (Lipinski definition) is 4. The second-order valence-electron chi connectivity index (χ2n) is 4.99. The molecule has 2 aromatic heterocycles. The van der Waals surface area contributed by atoms with Crippen LogP contribution < -0.4 is 10.2 Å². The molecule has 1 aliphatic heterocycles. The lowest BCUT2D eigenvalue weighted by molar-refractivity contribution is 0.442. The molecule has 1 aliphatic rings. The van der Waals surface area contributed by atoms with Crippen molar-refractivity contribution in [3.05, 3.63) is 30.6 Å². The monoisotopic (exact) mass is 257 g/mol. The smallest absolute Gasteiger partial charge is 0.151 e. The minimum absolute atomic E-state index is 0.515. The Morgan fingerprint density at radius 1 is 1.26 bits per heavy atom. The summed E-state index contributed by atoms with van der Waals surface area (Å²) in [6.45, 7) is 2.15. The minimum atomic E-state index is 0.515. The first-order valence-corrected chi connectivity index (χ1v) is 6.75. The van der Waals surface area contributed by atoms with Gasteiger partial charge in [0.05, 0.1) is 5.69 Å². The third kappa shape index (κ3) is 2.61. The molecule has 0 saturated carbocycles. The van der Waals surface area contributed by atoms with Crippen LogP contribution in [0.3, 0.4) is 0 Å². The third-order valence-corrected chi connectivity index (χ3v) is 3.72. The lowest BCUT2D eigenvalue weighted by Gasteiger charge is -2.32. The number of piperidine rings is 1. The maximum Gasteiger partial charge on any atom is 0.151 e. The van der Waals surface area contributed by atoms with E-state index >= 15 is 0 Å². The molecule has 1 saturated heterocycles. The average Bonchev–Trinajstić information content (AvgIpc) is 3.02. The van der Waals surface area contributed by atoms with Gasteiger partial charge >= 0.3 is 0 Å². The van der Waals surface area contributed by atoms with Gasteiger partial charge in [-0.25, -0.2) is 0 Å². The molecule has 0 bridgehead atoms. The van der Waals surface area contributed by atoms with Crippen molar-refractivity contribution in [2.45, 2.75) is 18.9 Å². The number of aromatic amines is 1. The Bertz CT molecular complexity index is 499. The lowest BCUT2D eigenvalue weighted by atomic mass is 10.1. The van der Waals surface area contributed by atoms with Crippen LogP contribution in [0.25, 0.3) is 11.3 Å². The molecule has 100 valence electrons. The van der Waals surface area contributed by atoms with Crippen LogP contribution in [0.15, 0.2) is 30.6 Å². The number of rotatable bonds is 3. The van der Waals surface area contributed by atoms with Crippen molar-refractivity contribution in [3.8, 4) is 11.3 Å². The fourth-order valence-electron chi connectivity index (χ4n) is 2.50. The van der Waals surface area contributed by atoms with Gasteiger partial charge in [-0.1, -0.05) is 0 Å². The number of aromatic nitrogens is 3. The van der Waals surface area contributed by atoms with Crippen molar-refractivity contribution in [3.63, 3.8) is 0 Å². The molecule has 2 N–H and O–H groups in total. The summed E-state index contributed by atoms with van der Waals surface area (Å²) in [4.78, 5) is 5.25. The zero-order chi connectivity index (χ0) is 13.1. The molecule has 5 nitrogen and oxygen atoms in total. The van der Waals surface area contributed by atoms with Crippen LogP contribution in [-0.4, -0.2) is 41.4 Å². The van der Waals surface area contributed by atoms with E-state index in [4.69, 9.17) is 0 Å². The molecule has 0 aromatic carbocycles. The van der Waals surface area contributed by atoms with Crippen LogP contribution in [-0.2, 0) is 0 Å². The molecule has 0 radical (unpaired) electrons. The summed E-state index contributed by atoms with van der Waals surface area (Å²) in [5.74, 6) is 0.938. The summed E-state index contributed by atoms with van der Waals surface area (Å²) >= 11 is 0. The van der Waals surface area contributed by atoms with Gasteiger partial charge in [-0.2, -0.15) is 0 Å². The maximum absolute atomic E-state index is 4.34. The number of hydrogen-bond donors (Lipinski definition) is 2.